The average Bonchev–Trinajstić information content (AvgIpc) is 2.66. The molecule has 1 aliphatic heterocycles. The summed E-state index contributed by atoms with van der Waals surface area (Å²) in [6.45, 7) is 4.16. The molecule has 1 saturated heterocycles. The predicted molar refractivity (Wildman–Crippen MR) is 57.5 cm³/mol. The summed E-state index contributed by atoms with van der Waals surface area (Å²) in [5.41, 5.74) is -1.75. The molecule has 0 aromatic heterocycles. The van der Waals surface area contributed by atoms with Crippen LogP contribution in [0.2, 0.25) is 0 Å². The first-order chi connectivity index (χ1) is 7.86. The lowest BCUT2D eigenvalue weighted by Crippen LogP contribution is -2.41. The number of hydrogen-bond donors (Lipinski definition) is 2. The number of hydrogen-bond acceptors (Lipinski definition) is 4. The van der Waals surface area contributed by atoms with Gasteiger partial charge in [0.15, 0.2) is 11.2 Å². The highest BCUT2D eigenvalue weighted by molar-refractivity contribution is 5.98. The summed E-state index contributed by atoms with van der Waals surface area (Å²) in [5, 5.41) is 18.2. The van der Waals surface area contributed by atoms with Crippen LogP contribution >= 0.6 is 0 Å². The highest BCUT2D eigenvalue weighted by atomic mass is 16.7. The highest BCUT2D eigenvalue weighted by Gasteiger charge is 2.47. The zero-order valence-corrected chi connectivity index (χ0v) is 10.1. The van der Waals surface area contributed by atoms with Crippen LogP contribution in [-0.4, -0.2) is 41.2 Å². The van der Waals surface area contributed by atoms with Crippen molar-refractivity contribution in [3.63, 3.8) is 0 Å². The summed E-state index contributed by atoms with van der Waals surface area (Å²) in [6, 6.07) is 0. The fourth-order valence-corrected chi connectivity index (χ4v) is 1.93. The third-order valence-corrected chi connectivity index (χ3v) is 3.33. The smallest absolute Gasteiger partial charge is 0.321 e. The normalized spacial score (nSPS) is 19.2. The molecule has 0 saturated carbocycles. The highest BCUT2D eigenvalue weighted by Crippen LogP contribution is 2.34. The number of carboxylic acid groups (broad SMARTS) is 2. The Hall–Kier alpha value is -1.14. The Kier molecular flexibility index (Phi) is 4.11. The largest absolute Gasteiger partial charge is 0.480 e. The first kappa shape index (κ1) is 13.9. The van der Waals surface area contributed by atoms with Gasteiger partial charge in [-0.1, -0.05) is 6.92 Å². The number of rotatable bonds is 6. The lowest BCUT2D eigenvalue weighted by atomic mass is 9.79. The van der Waals surface area contributed by atoms with E-state index >= 15 is 0 Å². The Morgan fingerprint density at radius 3 is 2.06 bits per heavy atom. The third-order valence-electron chi connectivity index (χ3n) is 3.33. The van der Waals surface area contributed by atoms with E-state index in [4.69, 9.17) is 19.7 Å². The zero-order chi connectivity index (χ0) is 13.1. The van der Waals surface area contributed by atoms with Crippen LogP contribution in [-0.2, 0) is 19.1 Å². The van der Waals surface area contributed by atoms with Crippen LogP contribution in [0.1, 0.15) is 33.1 Å². The fourth-order valence-electron chi connectivity index (χ4n) is 1.93. The van der Waals surface area contributed by atoms with Gasteiger partial charge in [-0.3, -0.25) is 9.59 Å². The molecule has 98 valence electrons. The molecule has 0 aliphatic carbocycles. The van der Waals surface area contributed by atoms with E-state index in [1.807, 2.05) is 0 Å². The molecule has 2 N–H and O–H groups in total. The Bertz CT molecular complexity index is 291. The van der Waals surface area contributed by atoms with Gasteiger partial charge in [-0.25, -0.2) is 0 Å². The van der Waals surface area contributed by atoms with Crippen LogP contribution in [0.15, 0.2) is 0 Å². The summed E-state index contributed by atoms with van der Waals surface area (Å²) < 4.78 is 10.7. The second kappa shape index (κ2) is 5.01. The maximum absolute atomic E-state index is 11.1. The maximum atomic E-state index is 11.1. The summed E-state index contributed by atoms with van der Waals surface area (Å²) in [6.07, 6.45) is 0.276. The monoisotopic (exact) mass is 246 g/mol. The molecule has 0 spiro atoms. The van der Waals surface area contributed by atoms with E-state index in [0.717, 1.165) is 0 Å². The zero-order valence-electron chi connectivity index (χ0n) is 10.1. The summed E-state index contributed by atoms with van der Waals surface area (Å²) in [7, 11) is 0. The quantitative estimate of drug-likeness (QED) is 0.681. The van der Waals surface area contributed by atoms with E-state index < -0.39 is 23.1 Å². The van der Waals surface area contributed by atoms with Gasteiger partial charge >= 0.3 is 11.9 Å². The number of carboxylic acids is 2. The Balaban J connectivity index is 2.73. The van der Waals surface area contributed by atoms with Crippen molar-refractivity contribution in [1.29, 1.82) is 0 Å². The lowest BCUT2D eigenvalue weighted by molar-refractivity contribution is -0.173. The van der Waals surface area contributed by atoms with Crippen molar-refractivity contribution in [1.82, 2.24) is 0 Å². The number of aliphatic carboxylic acids is 2. The molecule has 1 aliphatic rings. The molecule has 17 heavy (non-hydrogen) atoms. The molecular formula is C11H18O6. The van der Waals surface area contributed by atoms with Crippen molar-refractivity contribution in [3.8, 4) is 0 Å². The molecule has 1 rings (SSSR count). The number of carbonyl (C=O) groups is 2. The molecule has 1 heterocycles. The third kappa shape index (κ3) is 2.76. The second-order valence-electron chi connectivity index (χ2n) is 4.38. The Morgan fingerprint density at radius 2 is 1.71 bits per heavy atom. The van der Waals surface area contributed by atoms with Gasteiger partial charge in [0.05, 0.1) is 13.2 Å². The van der Waals surface area contributed by atoms with Crippen molar-refractivity contribution < 1.29 is 29.3 Å². The first-order valence-corrected chi connectivity index (χ1v) is 5.61. The summed E-state index contributed by atoms with van der Waals surface area (Å²) >= 11 is 0. The topological polar surface area (TPSA) is 93.1 Å². The van der Waals surface area contributed by atoms with Crippen LogP contribution < -0.4 is 0 Å². The predicted octanol–water partition coefficient (Wildman–Crippen LogP) is 1.10. The van der Waals surface area contributed by atoms with Crippen LogP contribution in [0.5, 0.6) is 0 Å². The molecule has 0 amide bonds. The Labute approximate surface area is 99.5 Å². The van der Waals surface area contributed by atoms with Gasteiger partial charge in [0.25, 0.3) is 0 Å². The van der Waals surface area contributed by atoms with Crippen LogP contribution in [0, 0.1) is 5.41 Å². The minimum Gasteiger partial charge on any atom is -0.480 e. The molecule has 0 bridgehead atoms. The van der Waals surface area contributed by atoms with Crippen molar-refractivity contribution in [2.45, 2.75) is 38.9 Å². The number of ether oxygens (including phenoxy) is 2. The fraction of sp³-hybridized carbons (Fsp3) is 0.818. The van der Waals surface area contributed by atoms with Gasteiger partial charge in [-0.05, 0) is 19.8 Å². The van der Waals surface area contributed by atoms with Crippen molar-refractivity contribution in [3.05, 3.63) is 0 Å². The van der Waals surface area contributed by atoms with Crippen molar-refractivity contribution in [2.75, 3.05) is 13.2 Å². The summed E-state index contributed by atoms with van der Waals surface area (Å²) in [4.78, 5) is 22.3. The van der Waals surface area contributed by atoms with Gasteiger partial charge in [0.1, 0.15) is 0 Å². The standard InChI is InChI=1S/C11H18O6/c1-3-11(8(12)13,9(14)15)5-4-10(2)16-6-7-17-10/h3-7H2,1-2H3,(H,12,13)(H,14,15). The minimum atomic E-state index is -1.75. The SMILES string of the molecule is CCC(CCC1(C)OCCO1)(C(=O)O)C(=O)O. The average molecular weight is 246 g/mol. The van der Waals surface area contributed by atoms with Crippen LogP contribution in [0.4, 0.5) is 0 Å². The molecule has 0 aromatic rings. The van der Waals surface area contributed by atoms with Gasteiger partial charge in [-0.15, -0.1) is 0 Å². The van der Waals surface area contributed by atoms with E-state index in [2.05, 4.69) is 0 Å². The van der Waals surface area contributed by atoms with Gasteiger partial charge < -0.3 is 19.7 Å². The molecule has 0 radical (unpaired) electrons. The van der Waals surface area contributed by atoms with Crippen molar-refractivity contribution >= 4 is 11.9 Å². The minimum absolute atomic E-state index is 0.00926. The van der Waals surface area contributed by atoms with E-state index in [0.29, 0.717) is 13.2 Å². The molecule has 0 atom stereocenters. The van der Waals surface area contributed by atoms with E-state index in [1.54, 1.807) is 13.8 Å². The molecule has 6 nitrogen and oxygen atoms in total. The summed E-state index contributed by atoms with van der Waals surface area (Å²) in [5.74, 6) is -3.48. The first-order valence-electron chi connectivity index (χ1n) is 5.61. The maximum Gasteiger partial charge on any atom is 0.321 e. The van der Waals surface area contributed by atoms with Gasteiger partial charge in [0.2, 0.25) is 0 Å². The lowest BCUT2D eigenvalue weighted by Gasteiger charge is -2.28. The van der Waals surface area contributed by atoms with E-state index in [1.165, 1.54) is 0 Å². The molecule has 1 fully saturated rings. The Morgan fingerprint density at radius 1 is 1.24 bits per heavy atom. The van der Waals surface area contributed by atoms with Crippen LogP contribution in [0.3, 0.4) is 0 Å². The molecule has 0 aromatic carbocycles. The van der Waals surface area contributed by atoms with Gasteiger partial charge in [0, 0.05) is 6.42 Å². The molecule has 6 heteroatoms. The second-order valence-corrected chi connectivity index (χ2v) is 4.38. The van der Waals surface area contributed by atoms with Gasteiger partial charge in [-0.2, -0.15) is 0 Å². The van der Waals surface area contributed by atoms with Crippen LogP contribution in [0.25, 0.3) is 0 Å². The van der Waals surface area contributed by atoms with E-state index in [-0.39, 0.29) is 19.3 Å². The van der Waals surface area contributed by atoms with E-state index in [9.17, 15) is 9.59 Å². The molecular weight excluding hydrogens is 228 g/mol. The van der Waals surface area contributed by atoms with Crippen molar-refractivity contribution in [2.24, 2.45) is 5.41 Å². The molecule has 0 unspecified atom stereocenters.